The van der Waals surface area contributed by atoms with E-state index >= 15 is 0 Å². The number of benzene rings is 1. The van der Waals surface area contributed by atoms with Gasteiger partial charge in [0.1, 0.15) is 0 Å². The zero-order valence-electron chi connectivity index (χ0n) is 6.20. The van der Waals surface area contributed by atoms with Gasteiger partial charge in [0.25, 0.3) is 0 Å². The van der Waals surface area contributed by atoms with E-state index in [9.17, 15) is 0 Å². The quantitative estimate of drug-likeness (QED) is 0.645. The van der Waals surface area contributed by atoms with Crippen LogP contribution in [0.3, 0.4) is 0 Å². The number of alkyl halides is 1. The molecule has 0 spiro atoms. The number of anilines is 1. The standard InChI is InChI=1S/C9H10BrN/c10-8-6-11(7-8)9-4-2-1-3-5-9/h1-5,8H,6-7H2. The van der Waals surface area contributed by atoms with Gasteiger partial charge in [-0.15, -0.1) is 0 Å². The average Bonchev–Trinajstić information content (AvgIpc) is 2.01. The summed E-state index contributed by atoms with van der Waals surface area (Å²) in [6.45, 7) is 2.29. The topological polar surface area (TPSA) is 3.24 Å². The molecule has 1 saturated heterocycles. The van der Waals surface area contributed by atoms with Gasteiger partial charge in [0.2, 0.25) is 0 Å². The normalized spacial score (nSPS) is 18.1. The first kappa shape index (κ1) is 7.17. The first-order valence-electron chi connectivity index (χ1n) is 3.80. The molecule has 0 N–H and O–H groups in total. The van der Waals surface area contributed by atoms with Crippen LogP contribution in [0.4, 0.5) is 5.69 Å². The molecule has 1 heterocycles. The van der Waals surface area contributed by atoms with Gasteiger partial charge >= 0.3 is 0 Å². The molecule has 0 bridgehead atoms. The minimum absolute atomic E-state index is 0.697. The molecule has 2 heteroatoms. The monoisotopic (exact) mass is 211 g/mol. The maximum atomic E-state index is 3.56. The molecule has 58 valence electrons. The van der Waals surface area contributed by atoms with Crippen LogP contribution in [0.1, 0.15) is 0 Å². The summed E-state index contributed by atoms with van der Waals surface area (Å²) in [4.78, 5) is 3.06. The van der Waals surface area contributed by atoms with Crippen LogP contribution < -0.4 is 4.90 Å². The van der Waals surface area contributed by atoms with Gasteiger partial charge in [-0.3, -0.25) is 0 Å². The number of hydrogen-bond donors (Lipinski definition) is 0. The molecule has 1 aromatic carbocycles. The summed E-state index contributed by atoms with van der Waals surface area (Å²) >= 11 is 3.56. The smallest absolute Gasteiger partial charge is 0.0496 e. The van der Waals surface area contributed by atoms with Crippen molar-refractivity contribution in [3.8, 4) is 0 Å². The van der Waals surface area contributed by atoms with Gasteiger partial charge in [-0.1, -0.05) is 34.1 Å². The van der Waals surface area contributed by atoms with E-state index in [1.165, 1.54) is 5.69 Å². The van der Waals surface area contributed by atoms with Crippen LogP contribution in [0, 0.1) is 0 Å². The molecule has 1 nitrogen and oxygen atoms in total. The molecule has 0 aromatic heterocycles. The highest BCUT2D eigenvalue weighted by atomic mass is 79.9. The van der Waals surface area contributed by atoms with E-state index in [-0.39, 0.29) is 0 Å². The van der Waals surface area contributed by atoms with Gasteiger partial charge in [-0.2, -0.15) is 0 Å². The van der Waals surface area contributed by atoms with Crippen molar-refractivity contribution in [3.05, 3.63) is 30.3 Å². The molecule has 0 radical (unpaired) electrons. The Morgan fingerprint density at radius 1 is 1.18 bits per heavy atom. The summed E-state index contributed by atoms with van der Waals surface area (Å²) < 4.78 is 0. The van der Waals surface area contributed by atoms with Gasteiger partial charge in [0, 0.05) is 23.6 Å². The number of para-hydroxylation sites is 1. The zero-order chi connectivity index (χ0) is 7.68. The van der Waals surface area contributed by atoms with Gasteiger partial charge in [0.15, 0.2) is 0 Å². The van der Waals surface area contributed by atoms with Crippen molar-refractivity contribution < 1.29 is 0 Å². The predicted molar refractivity (Wildman–Crippen MR) is 51.4 cm³/mol. The van der Waals surface area contributed by atoms with Crippen LogP contribution in [-0.2, 0) is 0 Å². The van der Waals surface area contributed by atoms with E-state index in [1.807, 2.05) is 0 Å². The van der Waals surface area contributed by atoms with Crippen LogP contribution in [-0.4, -0.2) is 17.9 Å². The summed E-state index contributed by atoms with van der Waals surface area (Å²) in [5.74, 6) is 0. The molecular weight excluding hydrogens is 202 g/mol. The summed E-state index contributed by atoms with van der Waals surface area (Å²) in [5, 5.41) is 0. The second-order valence-electron chi connectivity index (χ2n) is 2.84. The van der Waals surface area contributed by atoms with Crippen molar-refractivity contribution in [1.29, 1.82) is 0 Å². The van der Waals surface area contributed by atoms with E-state index in [4.69, 9.17) is 0 Å². The zero-order valence-corrected chi connectivity index (χ0v) is 7.79. The van der Waals surface area contributed by atoms with Crippen LogP contribution in [0.15, 0.2) is 30.3 Å². The minimum Gasteiger partial charge on any atom is -0.369 e. The highest BCUT2D eigenvalue weighted by molar-refractivity contribution is 9.09. The fraction of sp³-hybridized carbons (Fsp3) is 0.333. The Labute approximate surface area is 75.1 Å². The highest BCUT2D eigenvalue weighted by Crippen LogP contribution is 2.23. The Hall–Kier alpha value is -0.500. The first-order chi connectivity index (χ1) is 5.36. The van der Waals surface area contributed by atoms with Crippen LogP contribution >= 0.6 is 15.9 Å². The Morgan fingerprint density at radius 2 is 1.82 bits per heavy atom. The highest BCUT2D eigenvalue weighted by Gasteiger charge is 2.23. The molecule has 1 aromatic rings. The fourth-order valence-electron chi connectivity index (χ4n) is 1.27. The minimum atomic E-state index is 0.697. The molecule has 0 unspecified atom stereocenters. The van der Waals surface area contributed by atoms with E-state index in [0.29, 0.717) is 4.83 Å². The third-order valence-corrected chi connectivity index (χ3v) is 2.54. The third-order valence-electron chi connectivity index (χ3n) is 1.96. The maximum Gasteiger partial charge on any atom is 0.0496 e. The van der Waals surface area contributed by atoms with E-state index < -0.39 is 0 Å². The van der Waals surface area contributed by atoms with E-state index in [0.717, 1.165) is 13.1 Å². The second kappa shape index (κ2) is 2.86. The van der Waals surface area contributed by atoms with Crippen LogP contribution in [0.25, 0.3) is 0 Å². The third kappa shape index (κ3) is 1.41. The molecule has 0 saturated carbocycles. The lowest BCUT2D eigenvalue weighted by molar-refractivity contribution is 0.644. The van der Waals surface area contributed by atoms with Crippen molar-refractivity contribution in [1.82, 2.24) is 0 Å². The first-order valence-corrected chi connectivity index (χ1v) is 4.72. The Bertz CT molecular complexity index is 229. The molecule has 0 amide bonds. The summed E-state index contributed by atoms with van der Waals surface area (Å²) in [7, 11) is 0. The van der Waals surface area contributed by atoms with Gasteiger partial charge in [-0.05, 0) is 12.1 Å². The Morgan fingerprint density at radius 3 is 2.36 bits per heavy atom. The molecule has 1 fully saturated rings. The van der Waals surface area contributed by atoms with Crippen molar-refractivity contribution in [2.45, 2.75) is 4.83 Å². The largest absolute Gasteiger partial charge is 0.369 e. The molecule has 1 aliphatic rings. The van der Waals surface area contributed by atoms with Gasteiger partial charge < -0.3 is 4.90 Å². The van der Waals surface area contributed by atoms with E-state index in [1.54, 1.807) is 0 Å². The van der Waals surface area contributed by atoms with E-state index in [2.05, 4.69) is 51.2 Å². The summed E-state index contributed by atoms with van der Waals surface area (Å²) in [6.07, 6.45) is 0. The molecule has 0 atom stereocenters. The lowest BCUT2D eigenvalue weighted by Crippen LogP contribution is -2.47. The molecule has 2 rings (SSSR count). The lowest BCUT2D eigenvalue weighted by Gasteiger charge is -2.37. The van der Waals surface area contributed by atoms with Gasteiger partial charge in [-0.25, -0.2) is 0 Å². The summed E-state index contributed by atoms with van der Waals surface area (Å²) in [6, 6.07) is 10.5. The number of hydrogen-bond acceptors (Lipinski definition) is 1. The molecule has 0 aliphatic carbocycles. The predicted octanol–water partition coefficient (Wildman–Crippen LogP) is 2.27. The van der Waals surface area contributed by atoms with Crippen molar-refractivity contribution >= 4 is 21.6 Å². The second-order valence-corrected chi connectivity index (χ2v) is 4.13. The van der Waals surface area contributed by atoms with Crippen LogP contribution in [0.2, 0.25) is 0 Å². The Kier molecular flexibility index (Phi) is 1.86. The molecule has 11 heavy (non-hydrogen) atoms. The number of halogens is 1. The lowest BCUT2D eigenvalue weighted by atomic mass is 10.2. The molecule has 1 aliphatic heterocycles. The summed E-state index contributed by atoms with van der Waals surface area (Å²) in [5.41, 5.74) is 1.34. The SMILES string of the molecule is BrC1CN(c2ccccc2)C1. The fourth-order valence-corrected chi connectivity index (χ4v) is 1.97. The maximum absolute atomic E-state index is 3.56. The number of rotatable bonds is 1. The average molecular weight is 212 g/mol. The van der Waals surface area contributed by atoms with Crippen molar-refractivity contribution in [2.75, 3.05) is 18.0 Å². The van der Waals surface area contributed by atoms with Gasteiger partial charge in [0.05, 0.1) is 0 Å². The number of nitrogens with zero attached hydrogens (tertiary/aromatic N) is 1. The van der Waals surface area contributed by atoms with Crippen molar-refractivity contribution in [2.24, 2.45) is 0 Å². The Balaban J connectivity index is 2.08. The van der Waals surface area contributed by atoms with Crippen molar-refractivity contribution in [3.63, 3.8) is 0 Å². The molecular formula is C9H10BrN. The van der Waals surface area contributed by atoms with Crippen LogP contribution in [0.5, 0.6) is 0 Å².